The van der Waals surface area contributed by atoms with E-state index in [0.717, 1.165) is 5.52 Å². The molecule has 0 spiro atoms. The summed E-state index contributed by atoms with van der Waals surface area (Å²) in [4.78, 5) is 19.6. The zero-order chi connectivity index (χ0) is 13.6. The molecule has 0 fully saturated rings. The summed E-state index contributed by atoms with van der Waals surface area (Å²) in [5.41, 5.74) is 1.57. The van der Waals surface area contributed by atoms with E-state index in [1.54, 1.807) is 10.6 Å². The summed E-state index contributed by atoms with van der Waals surface area (Å²) >= 11 is 0. The summed E-state index contributed by atoms with van der Waals surface area (Å²) in [6.45, 7) is 4.69. The third-order valence-electron chi connectivity index (χ3n) is 3.10. The molecular weight excluding hydrogens is 245 g/mol. The molecule has 0 amide bonds. The lowest BCUT2D eigenvalue weighted by Crippen LogP contribution is -2.22. The molecular formula is C14H14FN3O. The Hall–Kier alpha value is -2.17. The van der Waals surface area contributed by atoms with Crippen LogP contribution in [-0.4, -0.2) is 14.5 Å². The van der Waals surface area contributed by atoms with Gasteiger partial charge < -0.3 is 4.98 Å². The molecule has 0 atom stereocenters. The van der Waals surface area contributed by atoms with Crippen LogP contribution in [0.1, 0.15) is 13.8 Å². The van der Waals surface area contributed by atoms with Crippen LogP contribution in [0.2, 0.25) is 0 Å². The quantitative estimate of drug-likeness (QED) is 0.769. The van der Waals surface area contributed by atoms with Crippen molar-refractivity contribution in [2.24, 2.45) is 5.92 Å². The first-order valence-electron chi connectivity index (χ1n) is 6.22. The molecule has 0 aliphatic rings. The molecule has 3 rings (SSSR count). The van der Waals surface area contributed by atoms with Crippen molar-refractivity contribution >= 4 is 21.9 Å². The fraction of sp³-hybridized carbons (Fsp3) is 0.286. The molecule has 2 heterocycles. The normalized spacial score (nSPS) is 11.8. The smallest absolute Gasteiger partial charge is 0.277 e. The van der Waals surface area contributed by atoms with Gasteiger partial charge in [-0.25, -0.2) is 9.37 Å². The Morgan fingerprint density at radius 2 is 2.21 bits per heavy atom. The number of rotatable bonds is 2. The van der Waals surface area contributed by atoms with Gasteiger partial charge in [0.15, 0.2) is 0 Å². The molecule has 0 radical (unpaired) electrons. The van der Waals surface area contributed by atoms with Gasteiger partial charge in [0.2, 0.25) is 0 Å². The molecule has 19 heavy (non-hydrogen) atoms. The van der Waals surface area contributed by atoms with Crippen molar-refractivity contribution in [1.29, 1.82) is 0 Å². The highest BCUT2D eigenvalue weighted by molar-refractivity contribution is 6.04. The van der Waals surface area contributed by atoms with Gasteiger partial charge in [-0.3, -0.25) is 9.36 Å². The van der Waals surface area contributed by atoms with E-state index in [0.29, 0.717) is 28.9 Å². The number of benzene rings is 1. The van der Waals surface area contributed by atoms with Crippen LogP contribution < -0.4 is 5.56 Å². The molecule has 0 saturated heterocycles. The summed E-state index contributed by atoms with van der Waals surface area (Å²) in [6, 6.07) is 4.39. The maximum absolute atomic E-state index is 13.3. The number of aromatic amines is 1. The first-order valence-corrected chi connectivity index (χ1v) is 6.22. The second kappa shape index (κ2) is 4.19. The van der Waals surface area contributed by atoms with Crippen molar-refractivity contribution in [3.8, 4) is 0 Å². The van der Waals surface area contributed by atoms with Crippen molar-refractivity contribution < 1.29 is 4.39 Å². The lowest BCUT2D eigenvalue weighted by Gasteiger charge is -2.07. The first kappa shape index (κ1) is 11.9. The molecule has 0 bridgehead atoms. The lowest BCUT2D eigenvalue weighted by molar-refractivity contribution is 0.508. The summed E-state index contributed by atoms with van der Waals surface area (Å²) in [7, 11) is 0. The minimum Gasteiger partial charge on any atom is -0.349 e. The molecule has 98 valence electrons. The zero-order valence-corrected chi connectivity index (χ0v) is 10.8. The Morgan fingerprint density at radius 1 is 1.42 bits per heavy atom. The molecule has 1 aromatic carbocycles. The van der Waals surface area contributed by atoms with E-state index in [1.165, 1.54) is 18.5 Å². The van der Waals surface area contributed by atoms with E-state index < -0.39 is 0 Å². The standard InChI is InChI=1S/C14H14FN3O/c1-8(2)6-18-7-16-12-10-5-9(15)3-4-11(10)17-13(12)14(18)19/h3-5,7-8,17H,6H2,1-2H3. The average molecular weight is 259 g/mol. The highest BCUT2D eigenvalue weighted by Gasteiger charge is 2.11. The van der Waals surface area contributed by atoms with Crippen LogP contribution in [0.5, 0.6) is 0 Å². The molecule has 3 aromatic rings. The fourth-order valence-corrected chi connectivity index (χ4v) is 2.29. The zero-order valence-electron chi connectivity index (χ0n) is 10.8. The SMILES string of the molecule is CC(C)Cn1cnc2c([nH]c3ccc(F)cc32)c1=O. The van der Waals surface area contributed by atoms with Crippen molar-refractivity contribution in [2.45, 2.75) is 20.4 Å². The van der Waals surface area contributed by atoms with E-state index in [-0.39, 0.29) is 11.4 Å². The molecule has 2 aromatic heterocycles. The van der Waals surface area contributed by atoms with Gasteiger partial charge in [-0.05, 0) is 24.1 Å². The van der Waals surface area contributed by atoms with Gasteiger partial charge >= 0.3 is 0 Å². The Balaban J connectivity index is 2.32. The number of fused-ring (bicyclic) bond motifs is 3. The van der Waals surface area contributed by atoms with E-state index >= 15 is 0 Å². The van der Waals surface area contributed by atoms with E-state index in [4.69, 9.17) is 0 Å². The van der Waals surface area contributed by atoms with Crippen LogP contribution in [0.15, 0.2) is 29.3 Å². The Bertz CT molecular complexity index is 817. The topological polar surface area (TPSA) is 50.7 Å². The highest BCUT2D eigenvalue weighted by atomic mass is 19.1. The van der Waals surface area contributed by atoms with Crippen LogP contribution in [-0.2, 0) is 6.54 Å². The van der Waals surface area contributed by atoms with Crippen LogP contribution in [0.3, 0.4) is 0 Å². The summed E-state index contributed by atoms with van der Waals surface area (Å²) in [5, 5.41) is 0.642. The molecule has 0 saturated carbocycles. The Kier molecular flexibility index (Phi) is 2.62. The van der Waals surface area contributed by atoms with Crippen molar-refractivity contribution in [1.82, 2.24) is 14.5 Å². The van der Waals surface area contributed by atoms with Gasteiger partial charge in [-0.15, -0.1) is 0 Å². The second-order valence-electron chi connectivity index (χ2n) is 5.13. The number of hydrogen-bond donors (Lipinski definition) is 1. The minimum atomic E-state index is -0.332. The Morgan fingerprint density at radius 3 is 2.95 bits per heavy atom. The van der Waals surface area contributed by atoms with Crippen LogP contribution >= 0.6 is 0 Å². The second-order valence-corrected chi connectivity index (χ2v) is 5.13. The predicted molar refractivity (Wildman–Crippen MR) is 72.7 cm³/mol. The maximum Gasteiger partial charge on any atom is 0.277 e. The molecule has 0 aliphatic heterocycles. The highest BCUT2D eigenvalue weighted by Crippen LogP contribution is 2.22. The van der Waals surface area contributed by atoms with E-state index in [9.17, 15) is 9.18 Å². The summed E-state index contributed by atoms with van der Waals surface area (Å²) in [6.07, 6.45) is 1.53. The number of nitrogens with one attached hydrogen (secondary N) is 1. The van der Waals surface area contributed by atoms with Gasteiger partial charge in [0.05, 0.1) is 6.33 Å². The number of aromatic nitrogens is 3. The van der Waals surface area contributed by atoms with Gasteiger partial charge in [0.25, 0.3) is 5.56 Å². The molecule has 1 N–H and O–H groups in total. The molecule has 0 aliphatic carbocycles. The van der Waals surface area contributed by atoms with Gasteiger partial charge in [-0.2, -0.15) is 0 Å². The largest absolute Gasteiger partial charge is 0.349 e. The van der Waals surface area contributed by atoms with Crippen LogP contribution in [0, 0.1) is 11.7 Å². The van der Waals surface area contributed by atoms with Gasteiger partial charge in [-0.1, -0.05) is 13.8 Å². The monoisotopic (exact) mass is 259 g/mol. The Labute approximate surface area is 108 Å². The minimum absolute atomic E-state index is 0.115. The van der Waals surface area contributed by atoms with Gasteiger partial charge in [0, 0.05) is 17.4 Å². The average Bonchev–Trinajstić information content (AvgIpc) is 2.71. The summed E-state index contributed by atoms with van der Waals surface area (Å²) in [5.74, 6) is 0.0281. The third-order valence-corrected chi connectivity index (χ3v) is 3.10. The maximum atomic E-state index is 13.3. The van der Waals surface area contributed by atoms with E-state index in [1.807, 2.05) is 13.8 Å². The van der Waals surface area contributed by atoms with E-state index in [2.05, 4.69) is 9.97 Å². The van der Waals surface area contributed by atoms with Crippen molar-refractivity contribution in [3.63, 3.8) is 0 Å². The number of hydrogen-bond acceptors (Lipinski definition) is 2. The fourth-order valence-electron chi connectivity index (χ4n) is 2.29. The number of nitrogens with zero attached hydrogens (tertiary/aromatic N) is 2. The van der Waals surface area contributed by atoms with Crippen LogP contribution in [0.4, 0.5) is 4.39 Å². The predicted octanol–water partition coefficient (Wildman–Crippen LogP) is 2.67. The molecule has 4 nitrogen and oxygen atoms in total. The van der Waals surface area contributed by atoms with Crippen LogP contribution in [0.25, 0.3) is 21.9 Å². The van der Waals surface area contributed by atoms with Crippen molar-refractivity contribution in [2.75, 3.05) is 0 Å². The molecule has 0 unspecified atom stereocenters. The third kappa shape index (κ3) is 1.91. The lowest BCUT2D eigenvalue weighted by atomic mass is 10.2. The van der Waals surface area contributed by atoms with Gasteiger partial charge in [0.1, 0.15) is 16.9 Å². The van der Waals surface area contributed by atoms with Crippen molar-refractivity contribution in [3.05, 3.63) is 40.7 Å². The number of H-pyrrole nitrogens is 1. The first-order chi connectivity index (χ1) is 9.06. The summed E-state index contributed by atoms with van der Waals surface area (Å²) < 4.78 is 14.9. The molecule has 5 heteroatoms. The number of halogens is 1.